The number of carboxylic acid groups (broad SMARTS) is 1. The molecule has 0 saturated heterocycles. The molecule has 2 aromatic rings. The van der Waals surface area contributed by atoms with E-state index in [0.717, 1.165) is 29.1 Å². The van der Waals surface area contributed by atoms with E-state index in [-0.39, 0.29) is 0 Å². The lowest BCUT2D eigenvalue weighted by atomic mass is 10.2. The van der Waals surface area contributed by atoms with Crippen molar-refractivity contribution in [3.8, 4) is 9.75 Å². The number of rotatable bonds is 1. The van der Waals surface area contributed by atoms with Gasteiger partial charge in [0.1, 0.15) is 4.88 Å². The molecule has 5 heteroatoms. The Bertz CT molecular complexity index is 556. The van der Waals surface area contributed by atoms with E-state index in [1.54, 1.807) is 17.4 Å². The minimum atomic E-state index is -0.830. The molecule has 0 amide bonds. The van der Waals surface area contributed by atoms with Crippen molar-refractivity contribution in [1.82, 2.24) is 0 Å². The van der Waals surface area contributed by atoms with Crippen molar-refractivity contribution in [3.63, 3.8) is 0 Å². The number of aromatic carboxylic acids is 1. The Morgan fingerprint density at radius 3 is 3.12 bits per heavy atom. The molecule has 0 unspecified atom stereocenters. The standard InChI is InChI=1S/C11H9NO2S2/c13-11(14)8-5-6-1-3-12-7-2-4-15-10(7)9(6)16-8/h2,4-5,12H,1,3H2,(H,13,14). The molecule has 0 radical (unpaired) electrons. The van der Waals surface area contributed by atoms with E-state index in [1.807, 2.05) is 5.38 Å². The molecule has 0 spiro atoms. The van der Waals surface area contributed by atoms with Gasteiger partial charge in [-0.15, -0.1) is 22.7 Å². The van der Waals surface area contributed by atoms with Gasteiger partial charge in [0.25, 0.3) is 0 Å². The lowest BCUT2D eigenvalue weighted by molar-refractivity contribution is 0.0702. The number of fused-ring (bicyclic) bond motifs is 3. The van der Waals surface area contributed by atoms with Crippen LogP contribution in [0.4, 0.5) is 5.69 Å². The van der Waals surface area contributed by atoms with E-state index in [1.165, 1.54) is 16.2 Å². The zero-order valence-corrected chi connectivity index (χ0v) is 9.95. The predicted octanol–water partition coefficient (Wildman–Crippen LogP) is 3.14. The molecule has 1 aliphatic heterocycles. The zero-order valence-electron chi connectivity index (χ0n) is 8.32. The second-order valence-electron chi connectivity index (χ2n) is 3.61. The molecule has 3 rings (SSSR count). The van der Waals surface area contributed by atoms with Crippen LogP contribution in [0.1, 0.15) is 15.2 Å². The molecule has 0 fully saturated rings. The van der Waals surface area contributed by atoms with Gasteiger partial charge in [-0.3, -0.25) is 0 Å². The van der Waals surface area contributed by atoms with Crippen molar-refractivity contribution in [2.24, 2.45) is 0 Å². The van der Waals surface area contributed by atoms with Gasteiger partial charge in [-0.25, -0.2) is 4.79 Å². The fourth-order valence-corrected chi connectivity index (χ4v) is 3.99. The van der Waals surface area contributed by atoms with Gasteiger partial charge in [0.15, 0.2) is 0 Å². The smallest absolute Gasteiger partial charge is 0.345 e. The third-order valence-electron chi connectivity index (χ3n) is 2.60. The number of thiophene rings is 2. The minimum absolute atomic E-state index is 0.436. The SMILES string of the molecule is O=C(O)c1cc2c(s1)-c1sccc1NCC2. The van der Waals surface area contributed by atoms with E-state index in [2.05, 4.69) is 11.4 Å². The number of nitrogens with one attached hydrogen (secondary N) is 1. The summed E-state index contributed by atoms with van der Waals surface area (Å²) < 4.78 is 0. The normalized spacial score (nSPS) is 13.5. The van der Waals surface area contributed by atoms with Gasteiger partial charge >= 0.3 is 5.97 Å². The Balaban J connectivity index is 2.19. The van der Waals surface area contributed by atoms with Crippen LogP contribution in [0.5, 0.6) is 0 Å². The molecule has 1 aliphatic rings. The highest BCUT2D eigenvalue weighted by molar-refractivity contribution is 7.22. The lowest BCUT2D eigenvalue weighted by Gasteiger charge is -1.99. The summed E-state index contributed by atoms with van der Waals surface area (Å²) in [5.41, 5.74) is 2.28. The van der Waals surface area contributed by atoms with Crippen LogP contribution < -0.4 is 5.32 Å². The maximum absolute atomic E-state index is 11.0. The van der Waals surface area contributed by atoms with Gasteiger partial charge in [0.05, 0.1) is 15.4 Å². The largest absolute Gasteiger partial charge is 0.477 e. The number of hydrogen-bond acceptors (Lipinski definition) is 4. The number of carbonyl (C=O) groups is 1. The maximum atomic E-state index is 11.0. The van der Waals surface area contributed by atoms with E-state index >= 15 is 0 Å². The van der Waals surface area contributed by atoms with Gasteiger partial charge in [0.2, 0.25) is 0 Å². The van der Waals surface area contributed by atoms with Gasteiger partial charge in [0, 0.05) is 6.54 Å². The Hall–Kier alpha value is -1.33. The van der Waals surface area contributed by atoms with Crippen LogP contribution in [0.3, 0.4) is 0 Å². The summed E-state index contributed by atoms with van der Waals surface area (Å²) in [6.45, 7) is 0.868. The molecule has 82 valence electrons. The molecular weight excluding hydrogens is 242 g/mol. The summed E-state index contributed by atoms with van der Waals surface area (Å²) in [7, 11) is 0. The second kappa shape index (κ2) is 3.61. The number of carboxylic acids is 1. The Labute approximate surface area is 100 Å². The molecule has 3 heterocycles. The van der Waals surface area contributed by atoms with Crippen LogP contribution in [0.25, 0.3) is 9.75 Å². The molecule has 0 bridgehead atoms. The van der Waals surface area contributed by atoms with Gasteiger partial charge in [-0.2, -0.15) is 0 Å². The van der Waals surface area contributed by atoms with Gasteiger partial charge in [-0.1, -0.05) is 0 Å². The first-order valence-corrected chi connectivity index (χ1v) is 6.63. The van der Waals surface area contributed by atoms with E-state index in [4.69, 9.17) is 5.11 Å². The van der Waals surface area contributed by atoms with Gasteiger partial charge in [-0.05, 0) is 29.5 Å². The molecule has 2 N–H and O–H groups in total. The summed E-state index contributed by atoms with van der Waals surface area (Å²) in [5.74, 6) is -0.830. The molecule has 16 heavy (non-hydrogen) atoms. The quantitative estimate of drug-likeness (QED) is 0.818. The van der Waals surface area contributed by atoms with Crippen molar-refractivity contribution in [1.29, 1.82) is 0 Å². The molecule has 3 nitrogen and oxygen atoms in total. The van der Waals surface area contributed by atoms with Crippen LogP contribution in [0, 0.1) is 0 Å². The molecular formula is C11H9NO2S2. The van der Waals surface area contributed by atoms with Crippen LogP contribution >= 0.6 is 22.7 Å². The molecule has 0 atom stereocenters. The lowest BCUT2D eigenvalue weighted by Crippen LogP contribution is -2.01. The highest BCUT2D eigenvalue weighted by Gasteiger charge is 2.20. The van der Waals surface area contributed by atoms with E-state index in [9.17, 15) is 4.79 Å². The monoisotopic (exact) mass is 251 g/mol. The highest BCUT2D eigenvalue weighted by atomic mass is 32.1. The first kappa shape index (κ1) is 9.86. The highest BCUT2D eigenvalue weighted by Crippen LogP contribution is 2.42. The topological polar surface area (TPSA) is 49.3 Å². The van der Waals surface area contributed by atoms with Crippen LogP contribution in [0.15, 0.2) is 17.5 Å². The number of hydrogen-bond donors (Lipinski definition) is 2. The molecule has 0 saturated carbocycles. The van der Waals surface area contributed by atoms with Crippen molar-refractivity contribution in [3.05, 3.63) is 28.0 Å². The first-order chi connectivity index (χ1) is 7.75. The van der Waals surface area contributed by atoms with Crippen LogP contribution in [-0.2, 0) is 6.42 Å². The third kappa shape index (κ3) is 1.44. The fourth-order valence-electron chi connectivity index (χ4n) is 1.87. The Morgan fingerprint density at radius 1 is 1.44 bits per heavy atom. The van der Waals surface area contributed by atoms with Crippen molar-refractivity contribution >= 4 is 34.3 Å². The second-order valence-corrected chi connectivity index (χ2v) is 5.58. The molecule has 2 aromatic heterocycles. The third-order valence-corrected chi connectivity index (χ3v) is 4.84. The van der Waals surface area contributed by atoms with Gasteiger partial charge < -0.3 is 10.4 Å². The molecule has 0 aromatic carbocycles. The molecule has 0 aliphatic carbocycles. The fraction of sp³-hybridized carbons (Fsp3) is 0.182. The van der Waals surface area contributed by atoms with E-state index in [0.29, 0.717) is 4.88 Å². The number of anilines is 1. The van der Waals surface area contributed by atoms with E-state index < -0.39 is 5.97 Å². The average molecular weight is 251 g/mol. The summed E-state index contributed by atoms with van der Waals surface area (Å²) in [5, 5.41) is 14.4. The summed E-state index contributed by atoms with van der Waals surface area (Å²) in [4.78, 5) is 13.7. The maximum Gasteiger partial charge on any atom is 0.345 e. The van der Waals surface area contributed by atoms with Crippen molar-refractivity contribution < 1.29 is 9.90 Å². The first-order valence-electron chi connectivity index (χ1n) is 4.93. The van der Waals surface area contributed by atoms with Crippen molar-refractivity contribution in [2.75, 3.05) is 11.9 Å². The van der Waals surface area contributed by atoms with Crippen LogP contribution in [-0.4, -0.2) is 17.6 Å². The van der Waals surface area contributed by atoms with Crippen molar-refractivity contribution in [2.45, 2.75) is 6.42 Å². The summed E-state index contributed by atoms with van der Waals surface area (Å²) in [6.07, 6.45) is 0.889. The summed E-state index contributed by atoms with van der Waals surface area (Å²) in [6, 6.07) is 3.86. The Kier molecular flexibility index (Phi) is 2.22. The predicted molar refractivity (Wildman–Crippen MR) is 66.8 cm³/mol. The van der Waals surface area contributed by atoms with Crippen LogP contribution in [0.2, 0.25) is 0 Å². The minimum Gasteiger partial charge on any atom is -0.477 e. The zero-order chi connectivity index (χ0) is 11.1. The Morgan fingerprint density at radius 2 is 2.31 bits per heavy atom. The summed E-state index contributed by atoms with van der Waals surface area (Å²) >= 11 is 3.04. The average Bonchev–Trinajstić information content (AvgIpc) is 2.82.